The normalized spacial score (nSPS) is 14.2. The molecule has 0 atom stereocenters. The van der Waals surface area contributed by atoms with Crippen LogP contribution in [0.1, 0.15) is 23.3 Å². The third-order valence-electron chi connectivity index (χ3n) is 3.43. The number of rotatable bonds is 7. The lowest BCUT2D eigenvalue weighted by Crippen LogP contribution is -2.16. The molecular formula is C16H18BrNO2S. The summed E-state index contributed by atoms with van der Waals surface area (Å²) < 4.78 is 12.6. The van der Waals surface area contributed by atoms with Gasteiger partial charge in [-0.3, -0.25) is 0 Å². The van der Waals surface area contributed by atoms with E-state index in [4.69, 9.17) is 9.47 Å². The average molecular weight is 368 g/mol. The number of hydrogen-bond acceptors (Lipinski definition) is 4. The Hall–Kier alpha value is -1.04. The zero-order valence-electron chi connectivity index (χ0n) is 11.9. The highest BCUT2D eigenvalue weighted by molar-refractivity contribution is 9.11. The lowest BCUT2D eigenvalue weighted by molar-refractivity contribution is 0.283. The predicted octanol–water partition coefficient (Wildman–Crippen LogP) is 4.35. The minimum Gasteiger partial charge on any atom is -0.493 e. The molecule has 1 fully saturated rings. The van der Waals surface area contributed by atoms with Gasteiger partial charge in [0.1, 0.15) is 6.61 Å². The van der Waals surface area contributed by atoms with Gasteiger partial charge >= 0.3 is 0 Å². The van der Waals surface area contributed by atoms with E-state index >= 15 is 0 Å². The van der Waals surface area contributed by atoms with Crippen LogP contribution in [0.25, 0.3) is 0 Å². The molecule has 1 N–H and O–H groups in total. The van der Waals surface area contributed by atoms with Crippen LogP contribution in [0.3, 0.4) is 0 Å². The summed E-state index contributed by atoms with van der Waals surface area (Å²) in [7, 11) is 1.68. The average Bonchev–Trinajstić information content (AvgIpc) is 3.24. The van der Waals surface area contributed by atoms with Crippen molar-refractivity contribution in [2.45, 2.75) is 32.0 Å². The van der Waals surface area contributed by atoms with Crippen LogP contribution in [0.5, 0.6) is 11.5 Å². The van der Waals surface area contributed by atoms with Gasteiger partial charge in [0.25, 0.3) is 0 Å². The number of benzene rings is 1. The van der Waals surface area contributed by atoms with Crippen molar-refractivity contribution < 1.29 is 9.47 Å². The van der Waals surface area contributed by atoms with Crippen LogP contribution in [0.15, 0.2) is 34.1 Å². The number of thiophene rings is 1. The van der Waals surface area contributed by atoms with Gasteiger partial charge in [-0.15, -0.1) is 11.3 Å². The highest BCUT2D eigenvalue weighted by atomic mass is 79.9. The number of methoxy groups -OCH3 is 1. The van der Waals surface area contributed by atoms with Gasteiger partial charge in [-0.25, -0.2) is 0 Å². The van der Waals surface area contributed by atoms with E-state index in [0.717, 1.165) is 27.4 Å². The Morgan fingerprint density at radius 3 is 2.81 bits per heavy atom. The van der Waals surface area contributed by atoms with Crippen molar-refractivity contribution in [1.82, 2.24) is 5.32 Å². The van der Waals surface area contributed by atoms with E-state index in [2.05, 4.69) is 33.4 Å². The van der Waals surface area contributed by atoms with E-state index in [1.54, 1.807) is 18.4 Å². The lowest BCUT2D eigenvalue weighted by atomic mass is 10.2. The largest absolute Gasteiger partial charge is 0.493 e. The molecule has 1 saturated carbocycles. The third-order valence-corrected chi connectivity index (χ3v) is 5.02. The van der Waals surface area contributed by atoms with Gasteiger partial charge in [0, 0.05) is 23.0 Å². The zero-order valence-corrected chi connectivity index (χ0v) is 14.3. The summed E-state index contributed by atoms with van der Waals surface area (Å²) in [5.41, 5.74) is 1.15. The highest BCUT2D eigenvalue weighted by Gasteiger charge is 2.21. The summed E-state index contributed by atoms with van der Waals surface area (Å²) in [4.78, 5) is 1.19. The Bertz CT molecular complexity index is 610. The second kappa shape index (κ2) is 6.81. The SMILES string of the molecule is COc1cccc(CNC2CC2)c1OCc1ccc(Br)s1. The standard InChI is InChI=1S/C16H18BrNO2S/c1-19-14-4-2-3-11(9-18-12-5-6-12)16(14)20-10-13-7-8-15(17)21-13/h2-4,7-8,12,18H,5-6,9-10H2,1H3. The molecule has 0 saturated heterocycles. The van der Waals surface area contributed by atoms with Crippen molar-refractivity contribution in [2.24, 2.45) is 0 Å². The fourth-order valence-electron chi connectivity index (χ4n) is 2.14. The maximum atomic E-state index is 6.04. The van der Waals surface area contributed by atoms with E-state index < -0.39 is 0 Å². The van der Waals surface area contributed by atoms with Gasteiger partial charge in [-0.1, -0.05) is 12.1 Å². The minimum absolute atomic E-state index is 0.563. The summed E-state index contributed by atoms with van der Waals surface area (Å²) in [6, 6.07) is 10.8. The molecule has 1 aromatic carbocycles. The predicted molar refractivity (Wildman–Crippen MR) is 89.2 cm³/mol. The summed E-state index contributed by atoms with van der Waals surface area (Å²) in [6.45, 7) is 1.39. The molecule has 1 aliphatic carbocycles. The molecule has 112 valence electrons. The summed E-state index contributed by atoms with van der Waals surface area (Å²) >= 11 is 5.17. The molecule has 5 heteroatoms. The Morgan fingerprint density at radius 1 is 1.29 bits per heavy atom. The molecule has 0 spiro atoms. The monoisotopic (exact) mass is 367 g/mol. The second-order valence-electron chi connectivity index (χ2n) is 5.10. The molecule has 0 bridgehead atoms. The van der Waals surface area contributed by atoms with E-state index in [1.165, 1.54) is 17.7 Å². The lowest BCUT2D eigenvalue weighted by Gasteiger charge is -2.15. The fourth-order valence-corrected chi connectivity index (χ4v) is 3.54. The number of nitrogens with one attached hydrogen (secondary N) is 1. The molecule has 1 heterocycles. The van der Waals surface area contributed by atoms with Gasteiger partial charge in [0.05, 0.1) is 10.9 Å². The number of hydrogen-bond donors (Lipinski definition) is 1. The van der Waals surface area contributed by atoms with Crippen LogP contribution >= 0.6 is 27.3 Å². The van der Waals surface area contributed by atoms with Gasteiger partial charge in [-0.2, -0.15) is 0 Å². The van der Waals surface area contributed by atoms with Gasteiger partial charge < -0.3 is 14.8 Å². The van der Waals surface area contributed by atoms with E-state index in [0.29, 0.717) is 12.6 Å². The van der Waals surface area contributed by atoms with Gasteiger partial charge in [0.15, 0.2) is 11.5 Å². The van der Waals surface area contributed by atoms with Crippen molar-refractivity contribution in [3.63, 3.8) is 0 Å². The van der Waals surface area contributed by atoms with Crippen molar-refractivity contribution >= 4 is 27.3 Å². The Labute approximate surface area is 137 Å². The topological polar surface area (TPSA) is 30.5 Å². The van der Waals surface area contributed by atoms with Crippen LogP contribution in [0.4, 0.5) is 0 Å². The van der Waals surface area contributed by atoms with Crippen LogP contribution in [0.2, 0.25) is 0 Å². The molecule has 2 aromatic rings. The van der Waals surface area contributed by atoms with E-state index in [9.17, 15) is 0 Å². The van der Waals surface area contributed by atoms with Gasteiger partial charge in [-0.05, 0) is 47.0 Å². The quantitative estimate of drug-likeness (QED) is 0.788. The molecule has 0 radical (unpaired) electrons. The molecule has 21 heavy (non-hydrogen) atoms. The maximum absolute atomic E-state index is 6.04. The molecule has 0 aliphatic heterocycles. The Balaban J connectivity index is 1.73. The first-order valence-electron chi connectivity index (χ1n) is 7.02. The van der Waals surface area contributed by atoms with E-state index in [1.807, 2.05) is 18.2 Å². The molecule has 0 unspecified atom stereocenters. The molecule has 1 aromatic heterocycles. The van der Waals surface area contributed by atoms with Crippen LogP contribution in [-0.4, -0.2) is 13.2 Å². The second-order valence-corrected chi connectivity index (χ2v) is 7.65. The summed E-state index contributed by atoms with van der Waals surface area (Å²) in [5.74, 6) is 1.64. The van der Waals surface area contributed by atoms with Crippen LogP contribution in [-0.2, 0) is 13.2 Å². The highest BCUT2D eigenvalue weighted by Crippen LogP contribution is 2.33. The number of ether oxygens (including phenoxy) is 2. The smallest absolute Gasteiger partial charge is 0.166 e. The van der Waals surface area contributed by atoms with E-state index in [-0.39, 0.29) is 0 Å². The third kappa shape index (κ3) is 3.99. The zero-order chi connectivity index (χ0) is 14.7. The van der Waals surface area contributed by atoms with Crippen LogP contribution in [0, 0.1) is 0 Å². The first-order valence-corrected chi connectivity index (χ1v) is 8.63. The minimum atomic E-state index is 0.563. The Morgan fingerprint density at radius 2 is 2.14 bits per heavy atom. The summed E-state index contributed by atoms with van der Waals surface area (Å²) in [6.07, 6.45) is 2.56. The molecule has 3 nitrogen and oxygen atoms in total. The number of halogens is 1. The first-order chi connectivity index (χ1) is 10.3. The van der Waals surface area contributed by atoms with Crippen molar-refractivity contribution in [3.05, 3.63) is 44.6 Å². The summed E-state index contributed by atoms with van der Waals surface area (Å²) in [5, 5.41) is 3.53. The first kappa shape index (κ1) is 14.9. The van der Waals surface area contributed by atoms with Crippen molar-refractivity contribution in [2.75, 3.05) is 7.11 Å². The maximum Gasteiger partial charge on any atom is 0.166 e. The van der Waals surface area contributed by atoms with Crippen molar-refractivity contribution in [1.29, 1.82) is 0 Å². The molecule has 1 aliphatic rings. The molecular weight excluding hydrogens is 350 g/mol. The fraction of sp³-hybridized carbons (Fsp3) is 0.375. The Kier molecular flexibility index (Phi) is 4.83. The molecule has 0 amide bonds. The number of para-hydroxylation sites is 1. The molecule has 3 rings (SSSR count). The van der Waals surface area contributed by atoms with Gasteiger partial charge in [0.2, 0.25) is 0 Å². The van der Waals surface area contributed by atoms with Crippen molar-refractivity contribution in [3.8, 4) is 11.5 Å². The van der Waals surface area contributed by atoms with Crippen LogP contribution < -0.4 is 14.8 Å².